The number of hydrogen-bond acceptors (Lipinski definition) is 2. The van der Waals surface area contributed by atoms with Crippen LogP contribution in [0.25, 0.3) is 0 Å². The minimum absolute atomic E-state index is 0.0424. The van der Waals surface area contributed by atoms with Crippen molar-refractivity contribution < 1.29 is 5.11 Å². The number of benzene rings is 2. The van der Waals surface area contributed by atoms with E-state index in [1.54, 1.807) is 0 Å². The van der Waals surface area contributed by atoms with Gasteiger partial charge in [-0.1, -0.05) is 61.5 Å². The number of hydrogen-bond donors (Lipinski definition) is 3. The second-order valence-electron chi connectivity index (χ2n) is 5.81. The molecular formula is C20H27N3O. The van der Waals surface area contributed by atoms with Crippen molar-refractivity contribution in [2.75, 3.05) is 13.1 Å². The first kappa shape index (κ1) is 18.0. The lowest BCUT2D eigenvalue weighted by molar-refractivity contribution is 0.280. The molecule has 128 valence electrons. The highest BCUT2D eigenvalue weighted by Crippen LogP contribution is 2.13. The zero-order valence-corrected chi connectivity index (χ0v) is 14.5. The molecule has 0 heterocycles. The third kappa shape index (κ3) is 5.39. The minimum Gasteiger partial charge on any atom is -0.392 e. The number of aliphatic imine (C=N–C) groups is 1. The van der Waals surface area contributed by atoms with Crippen LogP contribution in [0.5, 0.6) is 0 Å². The fraction of sp³-hybridized carbons (Fsp3) is 0.350. The number of guanidine groups is 1. The third-order valence-corrected chi connectivity index (χ3v) is 3.98. The van der Waals surface area contributed by atoms with Crippen LogP contribution in [0.4, 0.5) is 0 Å². The summed E-state index contributed by atoms with van der Waals surface area (Å²) in [6.07, 6.45) is 0. The number of nitrogens with zero attached hydrogens (tertiary/aromatic N) is 1. The Morgan fingerprint density at radius 3 is 2.33 bits per heavy atom. The van der Waals surface area contributed by atoms with Gasteiger partial charge in [-0.2, -0.15) is 0 Å². The van der Waals surface area contributed by atoms with E-state index < -0.39 is 0 Å². The molecule has 2 aromatic carbocycles. The lowest BCUT2D eigenvalue weighted by atomic mass is 10.0. The van der Waals surface area contributed by atoms with Crippen LogP contribution in [0.1, 0.15) is 36.5 Å². The minimum atomic E-state index is 0.0424. The van der Waals surface area contributed by atoms with Crippen molar-refractivity contribution >= 4 is 5.96 Å². The van der Waals surface area contributed by atoms with Gasteiger partial charge in [-0.05, 0) is 29.5 Å². The van der Waals surface area contributed by atoms with E-state index in [4.69, 9.17) is 0 Å². The van der Waals surface area contributed by atoms with Gasteiger partial charge >= 0.3 is 0 Å². The van der Waals surface area contributed by atoms with E-state index in [2.05, 4.69) is 53.7 Å². The Bertz CT molecular complexity index is 640. The van der Waals surface area contributed by atoms with Gasteiger partial charge < -0.3 is 15.7 Å². The van der Waals surface area contributed by atoms with Crippen LogP contribution < -0.4 is 10.6 Å². The summed E-state index contributed by atoms with van der Waals surface area (Å²) in [5.41, 5.74) is 3.29. The van der Waals surface area contributed by atoms with Gasteiger partial charge in [0.1, 0.15) is 0 Å². The zero-order chi connectivity index (χ0) is 17.2. The molecule has 0 spiro atoms. The van der Waals surface area contributed by atoms with Gasteiger partial charge in [0.15, 0.2) is 5.96 Å². The summed E-state index contributed by atoms with van der Waals surface area (Å²) in [6.45, 7) is 6.48. The first-order chi connectivity index (χ1) is 11.7. The molecule has 2 rings (SSSR count). The summed E-state index contributed by atoms with van der Waals surface area (Å²) in [5, 5.41) is 16.1. The van der Waals surface area contributed by atoms with E-state index in [1.807, 2.05) is 30.3 Å². The molecule has 0 aliphatic heterocycles. The topological polar surface area (TPSA) is 56.7 Å². The summed E-state index contributed by atoms with van der Waals surface area (Å²) in [6, 6.07) is 18.3. The maximum Gasteiger partial charge on any atom is 0.191 e. The largest absolute Gasteiger partial charge is 0.392 e. The Labute approximate surface area is 144 Å². The van der Waals surface area contributed by atoms with E-state index in [0.29, 0.717) is 12.5 Å². The van der Waals surface area contributed by atoms with E-state index in [1.165, 1.54) is 5.56 Å². The maximum absolute atomic E-state index is 9.41. The molecule has 1 atom stereocenters. The Hall–Kier alpha value is -2.33. The van der Waals surface area contributed by atoms with E-state index in [0.717, 1.165) is 30.2 Å². The first-order valence-corrected chi connectivity index (χ1v) is 8.49. The quantitative estimate of drug-likeness (QED) is 0.542. The van der Waals surface area contributed by atoms with Crippen molar-refractivity contribution in [2.45, 2.75) is 32.9 Å². The van der Waals surface area contributed by atoms with E-state index in [-0.39, 0.29) is 6.61 Å². The van der Waals surface area contributed by atoms with Crippen molar-refractivity contribution in [1.29, 1.82) is 0 Å². The predicted molar refractivity (Wildman–Crippen MR) is 100 cm³/mol. The highest BCUT2D eigenvalue weighted by Gasteiger charge is 2.06. The summed E-state index contributed by atoms with van der Waals surface area (Å²) in [4.78, 5) is 4.64. The third-order valence-electron chi connectivity index (χ3n) is 3.98. The molecule has 0 saturated heterocycles. The second kappa shape index (κ2) is 9.73. The highest BCUT2D eigenvalue weighted by molar-refractivity contribution is 5.79. The Morgan fingerprint density at radius 2 is 1.67 bits per heavy atom. The van der Waals surface area contributed by atoms with E-state index in [9.17, 15) is 5.11 Å². The Morgan fingerprint density at radius 1 is 1.00 bits per heavy atom. The van der Waals surface area contributed by atoms with Crippen LogP contribution in [-0.4, -0.2) is 24.2 Å². The van der Waals surface area contributed by atoms with Crippen LogP contribution in [0.15, 0.2) is 59.6 Å². The van der Waals surface area contributed by atoms with Gasteiger partial charge in [0.05, 0.1) is 13.2 Å². The summed E-state index contributed by atoms with van der Waals surface area (Å²) in [5.74, 6) is 1.20. The van der Waals surface area contributed by atoms with Crippen molar-refractivity contribution in [2.24, 2.45) is 4.99 Å². The monoisotopic (exact) mass is 325 g/mol. The molecule has 0 radical (unpaired) electrons. The fourth-order valence-corrected chi connectivity index (χ4v) is 2.52. The highest BCUT2D eigenvalue weighted by atomic mass is 16.3. The lowest BCUT2D eigenvalue weighted by Crippen LogP contribution is -2.39. The molecule has 4 nitrogen and oxygen atoms in total. The molecule has 0 saturated carbocycles. The predicted octanol–water partition coefficient (Wildman–Crippen LogP) is 3.04. The SMILES string of the molecule is CCNC(=NCc1ccccc1CO)NCC(C)c1ccccc1. The van der Waals surface area contributed by atoms with Gasteiger partial charge in [0.25, 0.3) is 0 Å². The van der Waals surface area contributed by atoms with Gasteiger partial charge in [0.2, 0.25) is 0 Å². The summed E-state index contributed by atoms with van der Waals surface area (Å²) in [7, 11) is 0. The fourth-order valence-electron chi connectivity index (χ4n) is 2.52. The van der Waals surface area contributed by atoms with E-state index >= 15 is 0 Å². The van der Waals surface area contributed by atoms with Crippen molar-refractivity contribution in [3.63, 3.8) is 0 Å². The number of aliphatic hydroxyl groups excluding tert-OH is 1. The van der Waals surface area contributed by atoms with Crippen LogP contribution >= 0.6 is 0 Å². The van der Waals surface area contributed by atoms with Crippen LogP contribution in [0.2, 0.25) is 0 Å². The molecule has 0 aliphatic rings. The zero-order valence-electron chi connectivity index (χ0n) is 14.5. The number of aliphatic hydroxyl groups is 1. The molecule has 2 aromatic rings. The first-order valence-electron chi connectivity index (χ1n) is 8.49. The van der Waals surface area contributed by atoms with Gasteiger partial charge in [0, 0.05) is 13.1 Å². The molecule has 0 aliphatic carbocycles. The molecule has 0 fully saturated rings. The summed E-state index contributed by atoms with van der Waals surface area (Å²) >= 11 is 0. The molecular weight excluding hydrogens is 298 g/mol. The average molecular weight is 325 g/mol. The molecule has 0 bridgehead atoms. The standard InChI is InChI=1S/C20H27N3O/c1-3-21-20(22-13-16(2)17-9-5-4-6-10-17)23-14-18-11-7-8-12-19(18)15-24/h4-12,16,24H,3,13-15H2,1-2H3,(H2,21,22,23). The number of rotatable bonds is 7. The summed E-state index contributed by atoms with van der Waals surface area (Å²) < 4.78 is 0. The molecule has 0 aromatic heterocycles. The molecule has 1 unspecified atom stereocenters. The molecule has 4 heteroatoms. The van der Waals surface area contributed by atoms with Gasteiger partial charge in [-0.15, -0.1) is 0 Å². The smallest absolute Gasteiger partial charge is 0.191 e. The van der Waals surface area contributed by atoms with Crippen molar-refractivity contribution in [3.05, 3.63) is 71.3 Å². The van der Waals surface area contributed by atoms with Crippen LogP contribution in [0, 0.1) is 0 Å². The number of nitrogens with one attached hydrogen (secondary N) is 2. The lowest BCUT2D eigenvalue weighted by Gasteiger charge is -2.16. The van der Waals surface area contributed by atoms with Gasteiger partial charge in [-0.3, -0.25) is 0 Å². The second-order valence-corrected chi connectivity index (χ2v) is 5.81. The maximum atomic E-state index is 9.41. The average Bonchev–Trinajstić information content (AvgIpc) is 2.64. The van der Waals surface area contributed by atoms with Crippen LogP contribution in [0.3, 0.4) is 0 Å². The Kier molecular flexibility index (Phi) is 7.30. The van der Waals surface area contributed by atoms with Crippen molar-refractivity contribution in [3.8, 4) is 0 Å². The Balaban J connectivity index is 1.98. The van der Waals surface area contributed by atoms with Crippen molar-refractivity contribution in [1.82, 2.24) is 10.6 Å². The van der Waals surface area contributed by atoms with Gasteiger partial charge in [-0.25, -0.2) is 4.99 Å². The molecule has 3 N–H and O–H groups in total. The van der Waals surface area contributed by atoms with Crippen LogP contribution in [-0.2, 0) is 13.2 Å². The molecule has 24 heavy (non-hydrogen) atoms. The normalized spacial score (nSPS) is 12.7. The molecule has 0 amide bonds.